The zero-order valence-corrected chi connectivity index (χ0v) is 9.88. The van der Waals surface area contributed by atoms with Crippen molar-refractivity contribution in [1.29, 1.82) is 0 Å². The summed E-state index contributed by atoms with van der Waals surface area (Å²) in [5, 5.41) is 11.6. The molecule has 4 heteroatoms. The van der Waals surface area contributed by atoms with Crippen molar-refractivity contribution in [2.75, 3.05) is 7.11 Å². The van der Waals surface area contributed by atoms with Gasteiger partial charge in [0.2, 0.25) is 5.52 Å². The molecular weight excluding hydrogens is 228 g/mol. The number of benzene rings is 1. The number of rotatable bonds is 2. The highest BCUT2D eigenvalue weighted by atomic mass is 16.5. The van der Waals surface area contributed by atoms with Crippen molar-refractivity contribution in [2.24, 2.45) is 0 Å². The molecule has 0 radical (unpaired) electrons. The number of ether oxygens (including phenoxy) is 1. The van der Waals surface area contributed by atoms with Gasteiger partial charge in [0, 0.05) is 12.1 Å². The Morgan fingerprint density at radius 3 is 2.61 bits per heavy atom. The first-order chi connectivity index (χ1) is 8.78. The van der Waals surface area contributed by atoms with Crippen molar-refractivity contribution in [3.63, 3.8) is 0 Å². The van der Waals surface area contributed by atoms with Crippen LogP contribution in [-0.2, 0) is 0 Å². The first kappa shape index (κ1) is 10.7. The molecule has 0 aliphatic heterocycles. The topological polar surface area (TPSA) is 52.0 Å². The van der Waals surface area contributed by atoms with Crippen LogP contribution >= 0.6 is 0 Å². The van der Waals surface area contributed by atoms with Crippen molar-refractivity contribution in [3.05, 3.63) is 53.9 Å². The second-order valence-corrected chi connectivity index (χ2v) is 4.04. The molecule has 2 heterocycles. The molecule has 0 fully saturated rings. The van der Waals surface area contributed by atoms with E-state index in [4.69, 9.17) is 4.74 Å². The molecule has 4 nitrogen and oxygen atoms in total. The number of methoxy groups -OCH3 is 1. The molecule has 0 atom stereocenters. The van der Waals surface area contributed by atoms with Crippen LogP contribution in [0.3, 0.4) is 0 Å². The van der Waals surface area contributed by atoms with Crippen LogP contribution in [0.1, 0.15) is 0 Å². The Balaban J connectivity index is 2.10. The van der Waals surface area contributed by atoms with E-state index in [9.17, 15) is 5.21 Å². The molecule has 18 heavy (non-hydrogen) atoms. The summed E-state index contributed by atoms with van der Waals surface area (Å²) >= 11 is 0. The van der Waals surface area contributed by atoms with E-state index in [0.29, 0.717) is 5.52 Å². The number of pyridine rings is 1. The third kappa shape index (κ3) is 1.68. The summed E-state index contributed by atoms with van der Waals surface area (Å²) < 4.78 is 5.98. The maximum absolute atomic E-state index is 11.6. The Morgan fingerprint density at radius 2 is 1.94 bits per heavy atom. The third-order valence-electron chi connectivity index (χ3n) is 2.95. The maximum atomic E-state index is 11.6. The fourth-order valence-corrected chi connectivity index (χ4v) is 1.99. The fraction of sp³-hybridized carbons (Fsp3) is 0.0714. The molecule has 1 aromatic carbocycles. The summed E-state index contributed by atoms with van der Waals surface area (Å²) in [7, 11) is 1.64. The van der Waals surface area contributed by atoms with Gasteiger partial charge in [0.1, 0.15) is 11.3 Å². The molecule has 1 N–H and O–H groups in total. The van der Waals surface area contributed by atoms with Gasteiger partial charge in [-0.15, -0.1) is 0 Å². The minimum Gasteiger partial charge on any atom is -0.618 e. The first-order valence-corrected chi connectivity index (χ1v) is 5.63. The summed E-state index contributed by atoms with van der Waals surface area (Å²) in [6.07, 6.45) is 1.49. The number of hydrogen-bond acceptors (Lipinski definition) is 2. The smallest absolute Gasteiger partial charge is 0.242 e. The van der Waals surface area contributed by atoms with E-state index in [1.165, 1.54) is 6.20 Å². The summed E-state index contributed by atoms with van der Waals surface area (Å²) in [5.74, 6) is 0.814. The molecule has 3 rings (SSSR count). The van der Waals surface area contributed by atoms with Crippen molar-refractivity contribution < 1.29 is 9.47 Å². The van der Waals surface area contributed by atoms with Gasteiger partial charge in [0.25, 0.3) is 0 Å². The number of nitrogens with one attached hydrogen (secondary N) is 1. The fourth-order valence-electron chi connectivity index (χ4n) is 1.99. The van der Waals surface area contributed by atoms with Crippen molar-refractivity contribution in [1.82, 2.24) is 4.98 Å². The Kier molecular flexibility index (Phi) is 2.41. The highest BCUT2D eigenvalue weighted by Crippen LogP contribution is 2.24. The Bertz CT molecular complexity index is 687. The number of nitrogens with zero attached hydrogens (tertiary/aromatic N) is 1. The van der Waals surface area contributed by atoms with E-state index in [1.807, 2.05) is 36.4 Å². The predicted octanol–water partition coefficient (Wildman–Crippen LogP) is 2.48. The van der Waals surface area contributed by atoms with E-state index >= 15 is 0 Å². The van der Waals surface area contributed by atoms with E-state index < -0.39 is 0 Å². The van der Waals surface area contributed by atoms with Gasteiger partial charge in [-0.2, -0.15) is 4.73 Å². The Hall–Kier alpha value is -2.49. The average molecular weight is 240 g/mol. The molecular formula is C14H12N2O2. The maximum Gasteiger partial charge on any atom is 0.242 e. The number of H-pyrrole nitrogens is 1. The zero-order chi connectivity index (χ0) is 12.5. The van der Waals surface area contributed by atoms with Gasteiger partial charge in [-0.05, 0) is 35.9 Å². The quantitative estimate of drug-likeness (QED) is 0.552. The van der Waals surface area contributed by atoms with Crippen LogP contribution in [-0.4, -0.2) is 12.1 Å². The van der Waals surface area contributed by atoms with E-state index in [1.54, 1.807) is 13.2 Å². The lowest BCUT2D eigenvalue weighted by Crippen LogP contribution is -2.24. The van der Waals surface area contributed by atoms with Crippen LogP contribution in [0.5, 0.6) is 5.75 Å². The van der Waals surface area contributed by atoms with Crippen LogP contribution in [0.4, 0.5) is 0 Å². The Labute approximate surface area is 104 Å². The van der Waals surface area contributed by atoms with Gasteiger partial charge in [-0.25, -0.2) is 0 Å². The van der Waals surface area contributed by atoms with Crippen molar-refractivity contribution in [2.45, 2.75) is 0 Å². The lowest BCUT2D eigenvalue weighted by molar-refractivity contribution is -0.576. The van der Waals surface area contributed by atoms with Gasteiger partial charge < -0.3 is 14.9 Å². The van der Waals surface area contributed by atoms with Gasteiger partial charge in [0.05, 0.1) is 12.8 Å². The second kappa shape index (κ2) is 4.07. The van der Waals surface area contributed by atoms with E-state index in [-0.39, 0.29) is 0 Å². The van der Waals surface area contributed by atoms with E-state index in [2.05, 4.69) is 4.98 Å². The molecule has 0 bridgehead atoms. The van der Waals surface area contributed by atoms with Crippen LogP contribution in [0.2, 0.25) is 0 Å². The minimum atomic E-state index is 0.642. The van der Waals surface area contributed by atoms with Gasteiger partial charge in [-0.1, -0.05) is 0 Å². The van der Waals surface area contributed by atoms with Crippen molar-refractivity contribution >= 4 is 11.0 Å². The zero-order valence-electron chi connectivity index (χ0n) is 9.88. The molecule has 0 saturated heterocycles. The van der Waals surface area contributed by atoms with Gasteiger partial charge in [-0.3, -0.25) is 0 Å². The standard InChI is InChI=1S/C14H12N2O2/c1-18-11-6-4-10(5-7-11)13-9-14-12(15-13)3-2-8-16(14)17/h2-9,15H,1H3. The SMILES string of the molecule is COc1ccc(-c2cc3c(ccc[n+]3[O-])[nH]2)cc1. The normalized spacial score (nSPS) is 10.7. The molecule has 0 aliphatic rings. The number of aromatic amines is 1. The molecule has 0 amide bonds. The summed E-state index contributed by atoms with van der Waals surface area (Å²) in [6, 6.07) is 13.2. The highest BCUT2D eigenvalue weighted by molar-refractivity contribution is 5.80. The van der Waals surface area contributed by atoms with E-state index in [0.717, 1.165) is 27.3 Å². The van der Waals surface area contributed by atoms with Crippen LogP contribution in [0, 0.1) is 5.21 Å². The van der Waals surface area contributed by atoms with Crippen LogP contribution < -0.4 is 9.47 Å². The molecule has 90 valence electrons. The number of hydrogen-bond donors (Lipinski definition) is 1. The summed E-state index contributed by atoms with van der Waals surface area (Å²) in [5.41, 5.74) is 3.41. The molecule has 0 unspecified atom stereocenters. The lowest BCUT2D eigenvalue weighted by atomic mass is 10.1. The monoisotopic (exact) mass is 240 g/mol. The summed E-state index contributed by atoms with van der Waals surface area (Å²) in [6.45, 7) is 0. The van der Waals surface area contributed by atoms with Gasteiger partial charge in [0.15, 0.2) is 6.20 Å². The number of fused-ring (bicyclic) bond motifs is 1. The number of aromatic nitrogens is 2. The predicted molar refractivity (Wildman–Crippen MR) is 69.2 cm³/mol. The first-order valence-electron chi connectivity index (χ1n) is 5.63. The molecule has 0 aliphatic carbocycles. The second-order valence-electron chi connectivity index (χ2n) is 4.04. The average Bonchev–Trinajstić information content (AvgIpc) is 2.84. The molecule has 0 saturated carbocycles. The van der Waals surface area contributed by atoms with Gasteiger partial charge >= 0.3 is 0 Å². The summed E-state index contributed by atoms with van der Waals surface area (Å²) in [4.78, 5) is 3.23. The molecule has 0 spiro atoms. The molecule has 3 aromatic rings. The van der Waals surface area contributed by atoms with Crippen LogP contribution in [0.25, 0.3) is 22.3 Å². The van der Waals surface area contributed by atoms with Crippen LogP contribution in [0.15, 0.2) is 48.7 Å². The minimum absolute atomic E-state index is 0.642. The molecule has 2 aromatic heterocycles. The Morgan fingerprint density at radius 1 is 1.17 bits per heavy atom. The third-order valence-corrected chi connectivity index (χ3v) is 2.95. The largest absolute Gasteiger partial charge is 0.618 e. The highest BCUT2D eigenvalue weighted by Gasteiger charge is 2.09. The van der Waals surface area contributed by atoms with Crippen molar-refractivity contribution in [3.8, 4) is 17.0 Å². The lowest BCUT2D eigenvalue weighted by Gasteiger charge is -2.00.